The van der Waals surface area contributed by atoms with E-state index in [4.69, 9.17) is 0 Å². The average Bonchev–Trinajstić information content (AvgIpc) is 2.52. The minimum Gasteiger partial charge on any atom is -0.350 e. The first-order valence-electron chi connectivity index (χ1n) is 7.60. The Morgan fingerprint density at radius 2 is 1.92 bits per heavy atom. The topological polar surface area (TPSA) is 58.1 Å². The van der Waals surface area contributed by atoms with Crippen LogP contribution in [0.15, 0.2) is 30.3 Å². The number of carbonyl (C=O) groups is 1. The Morgan fingerprint density at radius 3 is 2.56 bits per heavy atom. The number of aryl methyl sites for hydroxylation is 1. The smallest absolute Gasteiger partial charge is 0.350 e. The molecule has 25 heavy (non-hydrogen) atoms. The van der Waals surface area contributed by atoms with Crippen molar-refractivity contribution in [3.05, 3.63) is 52.8 Å². The van der Waals surface area contributed by atoms with E-state index in [1.54, 1.807) is 11.0 Å². The predicted molar refractivity (Wildman–Crippen MR) is 88.1 cm³/mol. The number of halogens is 3. The van der Waals surface area contributed by atoms with E-state index in [-0.39, 0.29) is 18.9 Å². The number of nitrogens with zero attached hydrogens (tertiary/aromatic N) is 3. The molecule has 1 N–H and O–H groups in total. The highest BCUT2D eigenvalue weighted by Crippen LogP contribution is 2.29. The number of aromatic nitrogens is 2. The van der Waals surface area contributed by atoms with E-state index in [1.165, 1.54) is 12.1 Å². The normalized spacial score (nSPS) is 11.3. The molecule has 0 atom stereocenters. The Morgan fingerprint density at radius 1 is 1.20 bits per heavy atom. The summed E-state index contributed by atoms with van der Waals surface area (Å²) in [5, 5.41) is 2.67. The van der Waals surface area contributed by atoms with Gasteiger partial charge in [-0.2, -0.15) is 13.2 Å². The summed E-state index contributed by atoms with van der Waals surface area (Å²) in [6.45, 7) is 2.00. The molecule has 1 heterocycles. The molecular weight excluding hydrogens is 333 g/mol. The predicted octanol–water partition coefficient (Wildman–Crippen LogP) is 2.73. The zero-order valence-corrected chi connectivity index (χ0v) is 14.2. The minimum atomic E-state index is -4.42. The first-order chi connectivity index (χ1) is 11.6. The van der Waals surface area contributed by atoms with Gasteiger partial charge < -0.3 is 10.2 Å². The van der Waals surface area contributed by atoms with E-state index in [0.29, 0.717) is 17.2 Å². The first kappa shape index (κ1) is 18.7. The Balaban J connectivity index is 2.00. The third kappa shape index (κ3) is 5.44. The van der Waals surface area contributed by atoms with Gasteiger partial charge in [-0.25, -0.2) is 9.97 Å². The molecule has 1 aromatic heterocycles. The number of benzene rings is 1. The van der Waals surface area contributed by atoms with E-state index in [2.05, 4.69) is 15.3 Å². The molecule has 1 amide bonds. The van der Waals surface area contributed by atoms with Crippen molar-refractivity contribution in [3.63, 3.8) is 0 Å². The van der Waals surface area contributed by atoms with Crippen LogP contribution in [0.25, 0.3) is 0 Å². The molecule has 0 unspecified atom stereocenters. The lowest BCUT2D eigenvalue weighted by atomic mass is 10.1. The van der Waals surface area contributed by atoms with Gasteiger partial charge in [0.1, 0.15) is 0 Å². The van der Waals surface area contributed by atoms with Crippen molar-refractivity contribution in [1.29, 1.82) is 0 Å². The molecule has 0 saturated heterocycles. The molecule has 0 aliphatic rings. The molecular formula is C17H19F3N4O. The Bertz CT molecular complexity index is 760. The van der Waals surface area contributed by atoms with Crippen molar-refractivity contribution >= 4 is 11.9 Å². The summed E-state index contributed by atoms with van der Waals surface area (Å²) in [6, 6.07) is 6.50. The van der Waals surface area contributed by atoms with Crippen molar-refractivity contribution in [2.45, 2.75) is 26.1 Å². The summed E-state index contributed by atoms with van der Waals surface area (Å²) in [6.07, 6.45) is -4.55. The summed E-state index contributed by atoms with van der Waals surface area (Å²) in [5.41, 5.74) is 0.939. The quantitative estimate of drug-likeness (QED) is 0.899. The fourth-order valence-electron chi connectivity index (χ4n) is 2.20. The van der Waals surface area contributed by atoms with E-state index in [9.17, 15) is 18.0 Å². The van der Waals surface area contributed by atoms with Crippen LogP contribution >= 0.6 is 0 Å². The highest BCUT2D eigenvalue weighted by atomic mass is 19.4. The van der Waals surface area contributed by atoms with E-state index in [1.807, 2.05) is 21.0 Å². The second-order valence-electron chi connectivity index (χ2n) is 5.85. The first-order valence-corrected chi connectivity index (χ1v) is 7.60. The van der Waals surface area contributed by atoms with Crippen LogP contribution in [0, 0.1) is 6.92 Å². The maximum Gasteiger partial charge on any atom is 0.416 e. The summed E-state index contributed by atoms with van der Waals surface area (Å²) < 4.78 is 38.1. The number of carbonyl (C=O) groups excluding carboxylic acids is 1. The number of nitrogens with one attached hydrogen (secondary N) is 1. The summed E-state index contributed by atoms with van der Waals surface area (Å²) in [5.74, 6) is 0.157. The lowest BCUT2D eigenvalue weighted by Crippen LogP contribution is -2.26. The fraction of sp³-hybridized carbons (Fsp3) is 0.353. The molecule has 134 valence electrons. The molecule has 2 rings (SSSR count). The van der Waals surface area contributed by atoms with Crippen LogP contribution < -0.4 is 10.2 Å². The van der Waals surface area contributed by atoms with Crippen LogP contribution in [0.1, 0.15) is 22.5 Å². The third-order valence-electron chi connectivity index (χ3n) is 3.38. The van der Waals surface area contributed by atoms with Crippen LogP contribution in [0.3, 0.4) is 0 Å². The molecule has 2 aromatic rings. The SMILES string of the molecule is Cc1cc(CNC(=O)Cc2cccc(C(F)(F)F)c2)nc(N(C)C)n1. The summed E-state index contributed by atoms with van der Waals surface area (Å²) in [7, 11) is 3.62. The van der Waals surface area contributed by atoms with Gasteiger partial charge in [0.25, 0.3) is 0 Å². The standard InChI is InChI=1S/C17H19F3N4O/c1-11-7-14(23-16(22-11)24(2)3)10-21-15(25)9-12-5-4-6-13(8-12)17(18,19)20/h4-8H,9-10H2,1-3H3,(H,21,25). The molecule has 0 bridgehead atoms. The highest BCUT2D eigenvalue weighted by Gasteiger charge is 2.30. The molecule has 5 nitrogen and oxygen atoms in total. The Labute approximate surface area is 143 Å². The largest absolute Gasteiger partial charge is 0.416 e. The van der Waals surface area contributed by atoms with Gasteiger partial charge in [0.05, 0.1) is 24.2 Å². The molecule has 1 aromatic carbocycles. The van der Waals surface area contributed by atoms with Crippen molar-refractivity contribution in [2.75, 3.05) is 19.0 Å². The average molecular weight is 352 g/mol. The second kappa shape index (κ2) is 7.50. The Hall–Kier alpha value is -2.64. The van der Waals surface area contributed by atoms with Crippen LogP contribution in [-0.4, -0.2) is 30.0 Å². The summed E-state index contributed by atoms with van der Waals surface area (Å²) >= 11 is 0. The van der Waals surface area contributed by atoms with Gasteiger partial charge in [0, 0.05) is 19.8 Å². The zero-order chi connectivity index (χ0) is 18.6. The van der Waals surface area contributed by atoms with Gasteiger partial charge in [-0.15, -0.1) is 0 Å². The Kier molecular flexibility index (Phi) is 5.61. The van der Waals surface area contributed by atoms with E-state index in [0.717, 1.165) is 17.8 Å². The highest BCUT2D eigenvalue weighted by molar-refractivity contribution is 5.78. The van der Waals surface area contributed by atoms with Crippen LogP contribution in [0.4, 0.5) is 19.1 Å². The van der Waals surface area contributed by atoms with Gasteiger partial charge in [-0.05, 0) is 24.6 Å². The molecule has 0 aliphatic heterocycles. The number of amides is 1. The van der Waals surface area contributed by atoms with Gasteiger partial charge in [0.15, 0.2) is 0 Å². The third-order valence-corrected chi connectivity index (χ3v) is 3.38. The van der Waals surface area contributed by atoms with Gasteiger partial charge in [-0.1, -0.05) is 18.2 Å². The van der Waals surface area contributed by atoms with E-state index >= 15 is 0 Å². The van der Waals surface area contributed by atoms with E-state index < -0.39 is 11.7 Å². The van der Waals surface area contributed by atoms with Crippen LogP contribution in [0.5, 0.6) is 0 Å². The van der Waals surface area contributed by atoms with Crippen molar-refractivity contribution < 1.29 is 18.0 Å². The lowest BCUT2D eigenvalue weighted by molar-refractivity contribution is -0.137. The maximum atomic E-state index is 12.7. The maximum absolute atomic E-state index is 12.7. The number of alkyl halides is 3. The zero-order valence-electron chi connectivity index (χ0n) is 14.2. The van der Waals surface area contributed by atoms with Crippen LogP contribution in [0.2, 0.25) is 0 Å². The van der Waals surface area contributed by atoms with Gasteiger partial charge in [0.2, 0.25) is 11.9 Å². The van der Waals surface area contributed by atoms with Crippen molar-refractivity contribution in [2.24, 2.45) is 0 Å². The molecule has 8 heteroatoms. The minimum absolute atomic E-state index is 0.130. The lowest BCUT2D eigenvalue weighted by Gasteiger charge is -2.13. The second-order valence-corrected chi connectivity index (χ2v) is 5.85. The fourth-order valence-corrected chi connectivity index (χ4v) is 2.20. The van der Waals surface area contributed by atoms with Gasteiger partial charge >= 0.3 is 6.18 Å². The number of hydrogen-bond acceptors (Lipinski definition) is 4. The van der Waals surface area contributed by atoms with Crippen molar-refractivity contribution in [1.82, 2.24) is 15.3 Å². The van der Waals surface area contributed by atoms with Crippen LogP contribution in [-0.2, 0) is 23.9 Å². The van der Waals surface area contributed by atoms with Gasteiger partial charge in [-0.3, -0.25) is 4.79 Å². The summed E-state index contributed by atoms with van der Waals surface area (Å²) in [4.78, 5) is 22.3. The van der Waals surface area contributed by atoms with Crippen molar-refractivity contribution in [3.8, 4) is 0 Å². The number of hydrogen-bond donors (Lipinski definition) is 1. The number of anilines is 1. The molecule has 0 saturated carbocycles. The number of rotatable bonds is 5. The molecule has 0 radical (unpaired) electrons. The monoisotopic (exact) mass is 352 g/mol. The molecule has 0 fully saturated rings. The molecule has 0 spiro atoms. The molecule has 0 aliphatic carbocycles.